The quantitative estimate of drug-likeness (QED) is 0.898. The molecule has 2 N–H and O–H groups in total. The van der Waals surface area contributed by atoms with Gasteiger partial charge in [-0.15, -0.1) is 0 Å². The molecule has 0 radical (unpaired) electrons. The lowest BCUT2D eigenvalue weighted by molar-refractivity contribution is 0.102. The number of nitrogens with one attached hydrogen (secondary N) is 1. The lowest BCUT2D eigenvalue weighted by Crippen LogP contribution is -2.13. The molecule has 2 rings (SSSR count). The molecule has 0 unspecified atom stereocenters. The molecule has 0 atom stereocenters. The molecule has 0 saturated carbocycles. The van der Waals surface area contributed by atoms with Crippen molar-refractivity contribution in [2.75, 3.05) is 12.4 Å². The molecule has 0 bridgehead atoms. The lowest BCUT2D eigenvalue weighted by atomic mass is 10.1. The predicted octanol–water partition coefficient (Wildman–Crippen LogP) is 3.72. The van der Waals surface area contributed by atoms with Crippen molar-refractivity contribution in [1.82, 2.24) is 0 Å². The van der Waals surface area contributed by atoms with Crippen LogP contribution in [0.4, 0.5) is 5.69 Å². The summed E-state index contributed by atoms with van der Waals surface area (Å²) in [6, 6.07) is 10.2. The van der Waals surface area contributed by atoms with Crippen LogP contribution in [-0.4, -0.2) is 18.1 Å². The Labute approximate surface area is 125 Å². The average Bonchev–Trinajstić information content (AvgIpc) is 2.41. The highest BCUT2D eigenvalue weighted by atomic mass is 79.9. The Bertz CT molecular complexity index is 656. The third-order valence-corrected chi connectivity index (χ3v) is 3.37. The number of halogens is 1. The molecule has 0 aliphatic rings. The number of carbonyl (C=O) groups excluding carboxylic acids is 1. The average molecular weight is 336 g/mol. The molecule has 0 aliphatic heterocycles. The second kappa shape index (κ2) is 5.96. The number of hydrogen-bond donors (Lipinski definition) is 2. The number of carbonyl (C=O) groups is 1. The lowest BCUT2D eigenvalue weighted by Gasteiger charge is -2.10. The summed E-state index contributed by atoms with van der Waals surface area (Å²) in [7, 11) is 1.47. The zero-order valence-electron chi connectivity index (χ0n) is 11.1. The minimum atomic E-state index is -0.228. The number of aromatic hydroxyl groups is 1. The van der Waals surface area contributed by atoms with Gasteiger partial charge in [0.1, 0.15) is 0 Å². The van der Waals surface area contributed by atoms with E-state index >= 15 is 0 Å². The van der Waals surface area contributed by atoms with E-state index in [0.29, 0.717) is 17.0 Å². The van der Waals surface area contributed by atoms with Gasteiger partial charge in [0.15, 0.2) is 11.5 Å². The number of phenols is 1. The summed E-state index contributed by atoms with van der Waals surface area (Å²) in [5.74, 6) is 0.117. The van der Waals surface area contributed by atoms with Gasteiger partial charge in [0, 0.05) is 21.8 Å². The number of aryl methyl sites for hydroxylation is 1. The number of hydrogen-bond acceptors (Lipinski definition) is 3. The van der Waals surface area contributed by atoms with Crippen molar-refractivity contribution in [3.8, 4) is 11.5 Å². The van der Waals surface area contributed by atoms with Crippen LogP contribution in [0.5, 0.6) is 11.5 Å². The van der Waals surface area contributed by atoms with Crippen LogP contribution < -0.4 is 10.1 Å². The molecule has 0 heterocycles. The third-order valence-electron chi connectivity index (χ3n) is 2.88. The monoisotopic (exact) mass is 335 g/mol. The highest BCUT2D eigenvalue weighted by Crippen LogP contribution is 2.29. The highest BCUT2D eigenvalue weighted by molar-refractivity contribution is 9.10. The molecule has 20 heavy (non-hydrogen) atoms. The molecular weight excluding hydrogens is 322 g/mol. The number of amides is 1. The fraction of sp³-hybridized carbons (Fsp3) is 0.133. The molecule has 1 amide bonds. The Morgan fingerprint density at radius 1 is 1.25 bits per heavy atom. The van der Waals surface area contributed by atoms with Gasteiger partial charge in [-0.2, -0.15) is 0 Å². The smallest absolute Gasteiger partial charge is 0.255 e. The highest BCUT2D eigenvalue weighted by Gasteiger charge is 2.11. The third kappa shape index (κ3) is 3.11. The van der Waals surface area contributed by atoms with Gasteiger partial charge in [-0.3, -0.25) is 4.79 Å². The summed E-state index contributed by atoms with van der Waals surface area (Å²) < 4.78 is 5.79. The van der Waals surface area contributed by atoms with Crippen LogP contribution in [0, 0.1) is 6.92 Å². The van der Waals surface area contributed by atoms with Gasteiger partial charge in [-0.1, -0.05) is 22.0 Å². The molecule has 104 valence electrons. The van der Waals surface area contributed by atoms with Crippen molar-refractivity contribution in [1.29, 1.82) is 0 Å². The summed E-state index contributed by atoms with van der Waals surface area (Å²) in [5, 5.41) is 12.4. The summed E-state index contributed by atoms with van der Waals surface area (Å²) in [6.07, 6.45) is 0. The fourth-order valence-corrected chi connectivity index (χ4v) is 2.17. The predicted molar refractivity (Wildman–Crippen MR) is 81.5 cm³/mol. The van der Waals surface area contributed by atoms with Crippen LogP contribution in [-0.2, 0) is 0 Å². The van der Waals surface area contributed by atoms with Crippen molar-refractivity contribution >= 4 is 27.5 Å². The number of ether oxygens (including phenoxy) is 1. The van der Waals surface area contributed by atoms with Gasteiger partial charge in [0.2, 0.25) is 0 Å². The van der Waals surface area contributed by atoms with Crippen LogP contribution in [0.3, 0.4) is 0 Å². The maximum absolute atomic E-state index is 12.2. The Balaban J connectivity index is 2.23. The molecule has 0 spiro atoms. The number of phenolic OH excluding ortho intramolecular Hbond substituents is 1. The largest absolute Gasteiger partial charge is 0.504 e. The first kappa shape index (κ1) is 14.4. The zero-order chi connectivity index (χ0) is 14.7. The minimum absolute atomic E-state index is 0.0173. The second-order valence-electron chi connectivity index (χ2n) is 4.30. The Kier molecular flexibility index (Phi) is 4.29. The van der Waals surface area contributed by atoms with Gasteiger partial charge < -0.3 is 15.2 Å². The summed E-state index contributed by atoms with van der Waals surface area (Å²) >= 11 is 3.34. The number of anilines is 1. The van der Waals surface area contributed by atoms with Crippen molar-refractivity contribution in [3.05, 3.63) is 52.0 Å². The van der Waals surface area contributed by atoms with E-state index in [0.717, 1.165) is 10.0 Å². The van der Waals surface area contributed by atoms with Gasteiger partial charge in [-0.05, 0) is 36.8 Å². The topological polar surface area (TPSA) is 58.6 Å². The van der Waals surface area contributed by atoms with Crippen molar-refractivity contribution in [3.63, 3.8) is 0 Å². The maximum atomic E-state index is 12.2. The zero-order valence-corrected chi connectivity index (χ0v) is 12.7. The number of methoxy groups -OCH3 is 1. The van der Waals surface area contributed by atoms with Gasteiger partial charge in [-0.25, -0.2) is 0 Å². The molecular formula is C15H14BrNO3. The van der Waals surface area contributed by atoms with E-state index in [2.05, 4.69) is 21.2 Å². The molecule has 4 nitrogen and oxygen atoms in total. The Hall–Kier alpha value is -2.01. The van der Waals surface area contributed by atoms with E-state index < -0.39 is 0 Å². The summed E-state index contributed by atoms with van der Waals surface area (Å²) in [6.45, 7) is 1.87. The molecule has 2 aromatic carbocycles. The first-order valence-electron chi connectivity index (χ1n) is 5.96. The number of benzene rings is 2. The van der Waals surface area contributed by atoms with Gasteiger partial charge >= 0.3 is 0 Å². The van der Waals surface area contributed by atoms with E-state index in [1.54, 1.807) is 18.2 Å². The first-order valence-corrected chi connectivity index (χ1v) is 6.75. The van der Waals surface area contributed by atoms with Crippen LogP contribution >= 0.6 is 15.9 Å². The normalized spacial score (nSPS) is 10.2. The first-order chi connectivity index (χ1) is 9.51. The second-order valence-corrected chi connectivity index (χ2v) is 5.22. The number of rotatable bonds is 3. The van der Waals surface area contributed by atoms with Crippen molar-refractivity contribution in [2.45, 2.75) is 6.92 Å². The van der Waals surface area contributed by atoms with E-state index in [4.69, 9.17) is 4.74 Å². The SMILES string of the molecule is COc1ccc(NC(=O)c2cc(Br)ccc2C)cc1O. The Morgan fingerprint density at radius 3 is 2.65 bits per heavy atom. The molecule has 0 fully saturated rings. The van der Waals surface area contributed by atoms with E-state index in [1.807, 2.05) is 19.1 Å². The molecule has 5 heteroatoms. The maximum Gasteiger partial charge on any atom is 0.255 e. The Morgan fingerprint density at radius 2 is 2.00 bits per heavy atom. The summed E-state index contributed by atoms with van der Waals surface area (Å²) in [5.41, 5.74) is 1.96. The van der Waals surface area contributed by atoms with Crippen LogP contribution in [0.25, 0.3) is 0 Å². The van der Waals surface area contributed by atoms with Crippen molar-refractivity contribution in [2.24, 2.45) is 0 Å². The summed E-state index contributed by atoms with van der Waals surface area (Å²) in [4.78, 5) is 12.2. The minimum Gasteiger partial charge on any atom is -0.504 e. The van der Waals surface area contributed by atoms with Crippen molar-refractivity contribution < 1.29 is 14.6 Å². The molecule has 0 saturated heterocycles. The van der Waals surface area contributed by atoms with Crippen LogP contribution in [0.15, 0.2) is 40.9 Å². The standard InChI is InChI=1S/C15H14BrNO3/c1-9-3-4-10(16)7-12(9)15(19)17-11-5-6-14(20-2)13(18)8-11/h3-8,18H,1-2H3,(H,17,19). The molecule has 0 aromatic heterocycles. The molecule has 0 aliphatic carbocycles. The fourth-order valence-electron chi connectivity index (χ4n) is 1.81. The van der Waals surface area contributed by atoms with Crippen LogP contribution in [0.2, 0.25) is 0 Å². The van der Waals surface area contributed by atoms with E-state index in [1.165, 1.54) is 13.2 Å². The molecule has 2 aromatic rings. The van der Waals surface area contributed by atoms with E-state index in [9.17, 15) is 9.90 Å². The van der Waals surface area contributed by atoms with E-state index in [-0.39, 0.29) is 11.7 Å². The van der Waals surface area contributed by atoms with Gasteiger partial charge in [0.25, 0.3) is 5.91 Å². The van der Waals surface area contributed by atoms with Gasteiger partial charge in [0.05, 0.1) is 7.11 Å². The van der Waals surface area contributed by atoms with Crippen LogP contribution in [0.1, 0.15) is 15.9 Å².